The first-order valence-electron chi connectivity index (χ1n) is 4.81. The van der Waals surface area contributed by atoms with Gasteiger partial charge in [-0.25, -0.2) is 0 Å². The largest absolute Gasteiger partial charge is 0.319 e. The second-order valence-corrected chi connectivity index (χ2v) is 5.13. The van der Waals surface area contributed by atoms with Crippen LogP contribution in [0.15, 0.2) is 46.3 Å². The molecule has 5 heteroatoms. The van der Waals surface area contributed by atoms with E-state index in [1.54, 1.807) is 41.8 Å². The molecule has 0 atom stereocenters. The van der Waals surface area contributed by atoms with Crippen LogP contribution in [-0.4, -0.2) is 11.7 Å². The van der Waals surface area contributed by atoms with Crippen LogP contribution in [-0.2, 0) is 4.79 Å². The van der Waals surface area contributed by atoms with Gasteiger partial charge in [0, 0.05) is 10.2 Å². The highest BCUT2D eigenvalue weighted by atomic mass is 79.9. The van der Waals surface area contributed by atoms with E-state index in [4.69, 9.17) is 0 Å². The van der Waals surface area contributed by atoms with Gasteiger partial charge >= 0.3 is 0 Å². The number of anilines is 1. The quantitative estimate of drug-likeness (QED) is 0.698. The standard InChI is InChI=1S/C12H8BrNO2S/c13-8-3-5-9(6-4-8)14-12(16)11(15)10-2-1-7-17-10/h1-7H,(H,14,16). The number of hydrogen-bond acceptors (Lipinski definition) is 3. The zero-order valence-electron chi connectivity index (χ0n) is 8.64. The normalized spacial score (nSPS) is 9.94. The molecule has 0 radical (unpaired) electrons. The van der Waals surface area contributed by atoms with Crippen LogP contribution in [0.5, 0.6) is 0 Å². The summed E-state index contributed by atoms with van der Waals surface area (Å²) in [6.45, 7) is 0. The number of rotatable bonds is 3. The molecule has 0 aliphatic heterocycles. The minimum Gasteiger partial charge on any atom is -0.319 e. The monoisotopic (exact) mass is 309 g/mol. The summed E-state index contributed by atoms with van der Waals surface area (Å²) in [6, 6.07) is 10.4. The van der Waals surface area contributed by atoms with Crippen molar-refractivity contribution < 1.29 is 9.59 Å². The third-order valence-corrected chi connectivity index (χ3v) is 3.45. The highest BCUT2D eigenvalue weighted by molar-refractivity contribution is 9.10. The Hall–Kier alpha value is -1.46. The van der Waals surface area contributed by atoms with Gasteiger partial charge in [-0.1, -0.05) is 22.0 Å². The van der Waals surface area contributed by atoms with E-state index in [1.165, 1.54) is 11.3 Å². The van der Waals surface area contributed by atoms with Crippen molar-refractivity contribution in [2.75, 3.05) is 5.32 Å². The molecule has 86 valence electrons. The second-order valence-electron chi connectivity index (χ2n) is 3.27. The Morgan fingerprint density at radius 1 is 1.12 bits per heavy atom. The molecule has 0 bridgehead atoms. The van der Waals surface area contributed by atoms with Crippen LogP contribution >= 0.6 is 27.3 Å². The van der Waals surface area contributed by atoms with Gasteiger partial charge in [0.25, 0.3) is 11.7 Å². The number of thiophene rings is 1. The van der Waals surface area contributed by atoms with Gasteiger partial charge < -0.3 is 5.32 Å². The predicted octanol–water partition coefficient (Wildman–Crippen LogP) is 3.33. The first-order chi connectivity index (χ1) is 8.16. The van der Waals surface area contributed by atoms with E-state index in [-0.39, 0.29) is 0 Å². The molecule has 1 aromatic heterocycles. The van der Waals surface area contributed by atoms with Crippen LogP contribution in [0.25, 0.3) is 0 Å². The van der Waals surface area contributed by atoms with Crippen molar-refractivity contribution in [3.05, 3.63) is 51.1 Å². The van der Waals surface area contributed by atoms with Crippen LogP contribution in [0, 0.1) is 0 Å². The van der Waals surface area contributed by atoms with E-state index >= 15 is 0 Å². The number of halogens is 1. The van der Waals surface area contributed by atoms with Gasteiger partial charge in [-0.05, 0) is 35.7 Å². The fourth-order valence-electron chi connectivity index (χ4n) is 1.24. The molecule has 1 amide bonds. The fourth-order valence-corrected chi connectivity index (χ4v) is 2.17. The Balaban J connectivity index is 2.07. The van der Waals surface area contributed by atoms with E-state index in [0.29, 0.717) is 10.6 Å². The average molecular weight is 310 g/mol. The van der Waals surface area contributed by atoms with Crippen LogP contribution in [0.4, 0.5) is 5.69 Å². The highest BCUT2D eigenvalue weighted by Gasteiger charge is 2.16. The Labute approximate surface area is 111 Å². The predicted molar refractivity (Wildman–Crippen MR) is 71.4 cm³/mol. The van der Waals surface area contributed by atoms with E-state index < -0.39 is 11.7 Å². The number of ketones is 1. The minimum absolute atomic E-state index is 0.444. The maximum Gasteiger partial charge on any atom is 0.297 e. The maximum atomic E-state index is 11.7. The first-order valence-corrected chi connectivity index (χ1v) is 6.49. The zero-order chi connectivity index (χ0) is 12.3. The molecule has 0 saturated carbocycles. The Morgan fingerprint density at radius 3 is 2.41 bits per heavy atom. The number of amides is 1. The molecule has 0 spiro atoms. The fraction of sp³-hybridized carbons (Fsp3) is 0. The zero-order valence-corrected chi connectivity index (χ0v) is 11.0. The van der Waals surface area contributed by atoms with Gasteiger partial charge in [-0.15, -0.1) is 11.3 Å². The lowest BCUT2D eigenvalue weighted by Crippen LogP contribution is -2.21. The van der Waals surface area contributed by atoms with Crippen molar-refractivity contribution in [2.24, 2.45) is 0 Å². The number of Topliss-reactive ketones (excluding diaryl/α,β-unsaturated/α-hetero) is 1. The SMILES string of the molecule is O=C(Nc1ccc(Br)cc1)C(=O)c1cccs1. The van der Waals surface area contributed by atoms with Crippen molar-refractivity contribution >= 4 is 44.6 Å². The number of nitrogens with one attached hydrogen (secondary N) is 1. The summed E-state index contributed by atoms with van der Waals surface area (Å²) >= 11 is 4.55. The highest BCUT2D eigenvalue weighted by Crippen LogP contribution is 2.15. The Morgan fingerprint density at radius 2 is 1.82 bits per heavy atom. The summed E-state index contributed by atoms with van der Waals surface area (Å²) in [6.07, 6.45) is 0. The molecule has 3 nitrogen and oxygen atoms in total. The summed E-state index contributed by atoms with van der Waals surface area (Å²) in [7, 11) is 0. The third-order valence-electron chi connectivity index (χ3n) is 2.05. The van der Waals surface area contributed by atoms with Crippen molar-refractivity contribution in [3.8, 4) is 0 Å². The molecule has 1 heterocycles. The number of carbonyl (C=O) groups excluding carboxylic acids is 2. The van der Waals surface area contributed by atoms with Gasteiger partial charge in [-0.2, -0.15) is 0 Å². The van der Waals surface area contributed by atoms with E-state index in [1.807, 2.05) is 0 Å². The summed E-state index contributed by atoms with van der Waals surface area (Å²) in [5, 5.41) is 4.32. The van der Waals surface area contributed by atoms with Gasteiger partial charge in [0.15, 0.2) is 0 Å². The van der Waals surface area contributed by atoms with Crippen molar-refractivity contribution in [3.63, 3.8) is 0 Å². The number of carbonyl (C=O) groups is 2. The lowest BCUT2D eigenvalue weighted by molar-refractivity contribution is -0.112. The molecule has 2 aromatic rings. The molecule has 2 rings (SSSR count). The number of benzene rings is 1. The summed E-state index contributed by atoms with van der Waals surface area (Å²) in [5.41, 5.74) is 0.600. The Kier molecular flexibility index (Phi) is 3.71. The lowest BCUT2D eigenvalue weighted by Gasteiger charge is -2.03. The smallest absolute Gasteiger partial charge is 0.297 e. The van der Waals surface area contributed by atoms with Gasteiger partial charge in [-0.3, -0.25) is 9.59 Å². The summed E-state index contributed by atoms with van der Waals surface area (Å²) < 4.78 is 0.917. The van der Waals surface area contributed by atoms with Crippen molar-refractivity contribution in [1.29, 1.82) is 0 Å². The average Bonchev–Trinajstić information content (AvgIpc) is 2.84. The minimum atomic E-state index is -0.616. The molecular formula is C12H8BrNO2S. The second kappa shape index (κ2) is 5.25. The molecular weight excluding hydrogens is 302 g/mol. The third kappa shape index (κ3) is 3.01. The van der Waals surface area contributed by atoms with E-state index in [0.717, 1.165) is 4.47 Å². The first kappa shape index (κ1) is 12.0. The summed E-state index contributed by atoms with van der Waals surface area (Å²) in [5.74, 6) is -1.13. The van der Waals surface area contributed by atoms with Gasteiger partial charge in [0.1, 0.15) is 0 Å². The van der Waals surface area contributed by atoms with Crippen LogP contribution in [0.3, 0.4) is 0 Å². The van der Waals surface area contributed by atoms with Crippen LogP contribution in [0.2, 0.25) is 0 Å². The molecule has 17 heavy (non-hydrogen) atoms. The number of hydrogen-bond donors (Lipinski definition) is 1. The maximum absolute atomic E-state index is 11.7. The molecule has 0 aliphatic carbocycles. The lowest BCUT2D eigenvalue weighted by atomic mass is 10.2. The molecule has 0 unspecified atom stereocenters. The topological polar surface area (TPSA) is 46.2 Å². The van der Waals surface area contributed by atoms with Gasteiger partial charge in [0.2, 0.25) is 0 Å². The molecule has 0 fully saturated rings. The van der Waals surface area contributed by atoms with Gasteiger partial charge in [0.05, 0.1) is 4.88 Å². The molecule has 1 N–H and O–H groups in total. The van der Waals surface area contributed by atoms with Crippen molar-refractivity contribution in [1.82, 2.24) is 0 Å². The van der Waals surface area contributed by atoms with Crippen LogP contribution in [0.1, 0.15) is 9.67 Å². The molecule has 1 aromatic carbocycles. The van der Waals surface area contributed by atoms with Crippen molar-refractivity contribution in [2.45, 2.75) is 0 Å². The molecule has 0 aliphatic rings. The Bertz CT molecular complexity index is 534. The molecule has 0 saturated heterocycles. The van der Waals surface area contributed by atoms with Crippen LogP contribution < -0.4 is 5.32 Å². The summed E-state index contributed by atoms with van der Waals surface area (Å²) in [4.78, 5) is 23.7. The van der Waals surface area contributed by atoms with E-state index in [2.05, 4.69) is 21.2 Å². The van der Waals surface area contributed by atoms with E-state index in [9.17, 15) is 9.59 Å².